The number of hydrogen-bond donors (Lipinski definition) is 0. The third kappa shape index (κ3) is 9.24. The number of thiophene rings is 2. The SMILES string of the molecule is [2H]c1c([2H])c([2H])c(-c2nc(-c3c([2H])c([2H])c4c(oc5c([2H])c([2H])c([2H])c(-c6ccccc6)c54)c3[2H])nc(-n3c4c([2H])c([2H])c([2H])c([2H])c4c4c([2H])c([2H])c5sc6c([2H])c([2H])c([2H])c([2H])c6c5c43)n2)c([2H])c1[2H].[2H]c1c([2H])c([2H])c(-c2nc(-c3ccc4c(c3)oc3cccc(-c5c([2H])c([2H])c([2H])c([2H])c5[2H])c34)nc(-n3c4c([2H])c([2H])c([2H])c([2H])c4c4ccc5sc6c([2H])c([2H])c([2H])c([2H])c6c5c43)n2)c([2H])c1[2H]. The van der Waals surface area contributed by atoms with Crippen LogP contribution in [0.2, 0.25) is 0 Å². The number of rotatable bonds is 8. The lowest BCUT2D eigenvalue weighted by molar-refractivity contribution is 0.668. The van der Waals surface area contributed by atoms with Gasteiger partial charge in [0.25, 0.3) is 0 Å². The first-order valence-corrected chi connectivity index (χ1v) is 32.3. The molecule has 0 aliphatic rings. The molecule has 0 aliphatic carbocycles. The molecule has 0 unspecified atom stereocenters. The smallest absolute Gasteiger partial charge is 0.238 e. The van der Waals surface area contributed by atoms with E-state index in [1.807, 2.05) is 0 Å². The normalized spacial score (nSPS) is 17.3. The molecular weight excluding hydrogens is 1290 g/mol. The first kappa shape index (κ1) is 31.3. The molecule has 12 heteroatoms. The van der Waals surface area contributed by atoms with Crippen LogP contribution in [-0.4, -0.2) is 39.0 Å². The predicted molar refractivity (Wildman–Crippen MR) is 421 cm³/mol. The fraction of sp³-hybridized carbons (Fsp3) is 0. The van der Waals surface area contributed by atoms with Crippen LogP contribution in [0.3, 0.4) is 0 Å². The monoisotopic (exact) mass is 1380 g/mol. The number of hydrogen-bond acceptors (Lipinski definition) is 10. The van der Waals surface area contributed by atoms with E-state index in [0.29, 0.717) is 32.2 Å². The van der Waals surface area contributed by atoms with Crippen LogP contribution in [0.15, 0.2) is 323 Å². The van der Waals surface area contributed by atoms with Gasteiger partial charge in [0.15, 0.2) is 23.3 Å². The van der Waals surface area contributed by atoms with E-state index in [1.165, 1.54) is 4.57 Å². The van der Waals surface area contributed by atoms with Crippen LogP contribution in [0.4, 0.5) is 0 Å². The maximum Gasteiger partial charge on any atom is 0.238 e. The summed E-state index contributed by atoms with van der Waals surface area (Å²) in [7, 11) is 0. The largest absolute Gasteiger partial charge is 0.456 e. The second-order valence-corrected chi connectivity index (χ2v) is 24.7. The molecule has 8 aromatic heterocycles. The molecule has 0 N–H and O–H groups in total. The van der Waals surface area contributed by atoms with E-state index in [-0.39, 0.29) is 136 Å². The summed E-state index contributed by atoms with van der Waals surface area (Å²) in [5.74, 6) is -3.06. The molecule has 476 valence electrons. The number of furan rings is 2. The van der Waals surface area contributed by atoms with E-state index in [2.05, 4.69) is 19.9 Å². The Morgan fingerprint density at radius 1 is 0.275 bits per heavy atom. The van der Waals surface area contributed by atoms with Crippen LogP contribution in [0.5, 0.6) is 0 Å². The second kappa shape index (κ2) is 23.2. The van der Waals surface area contributed by atoms with E-state index < -0.39 is 275 Å². The third-order valence-corrected chi connectivity index (χ3v) is 19.2. The Bertz CT molecular complexity index is 9570. The van der Waals surface area contributed by atoms with Crippen LogP contribution in [0, 0.1) is 0 Å². The molecule has 0 fully saturated rings. The van der Waals surface area contributed by atoms with E-state index in [9.17, 15) is 9.60 Å². The van der Waals surface area contributed by atoms with Crippen molar-refractivity contribution in [1.82, 2.24) is 39.0 Å². The number of nitrogens with zero attached hydrogens (tertiary/aromatic N) is 8. The van der Waals surface area contributed by atoms with Crippen molar-refractivity contribution in [3.05, 3.63) is 315 Å². The molecule has 0 saturated heterocycles. The summed E-state index contributed by atoms with van der Waals surface area (Å²) in [6.07, 6.45) is 0. The average Bonchev–Trinajstić information content (AvgIpc) is 1.52. The molecule has 0 aliphatic heterocycles. The molecule has 0 atom stereocenters. The van der Waals surface area contributed by atoms with Gasteiger partial charge in [0.05, 0.1) is 75.5 Å². The average molecular weight is 1380 g/mol. The summed E-state index contributed by atoms with van der Waals surface area (Å²) in [5, 5.41) is 0.344. The molecule has 0 radical (unpaired) electrons. The van der Waals surface area contributed by atoms with Crippen molar-refractivity contribution in [2.24, 2.45) is 0 Å². The second-order valence-electron chi connectivity index (χ2n) is 22.7. The van der Waals surface area contributed by atoms with Gasteiger partial charge in [-0.15, -0.1) is 22.7 Å². The highest BCUT2D eigenvalue weighted by Crippen LogP contribution is 2.47. The van der Waals surface area contributed by atoms with Gasteiger partial charge in [-0.3, -0.25) is 9.13 Å². The molecule has 0 spiro atoms. The molecule has 102 heavy (non-hydrogen) atoms. The highest BCUT2D eigenvalue weighted by molar-refractivity contribution is 7.26. The minimum atomic E-state index is -0.831. The van der Waals surface area contributed by atoms with Crippen LogP contribution >= 0.6 is 22.7 Å². The maximum absolute atomic E-state index is 9.65. The number of para-hydroxylation sites is 2. The summed E-state index contributed by atoms with van der Waals surface area (Å²) >= 11 is 1.82. The number of fused-ring (bicyclic) bond motifs is 20. The zero-order chi connectivity index (χ0) is 101. The Morgan fingerprint density at radius 3 is 1.48 bits per heavy atom. The van der Waals surface area contributed by atoms with Gasteiger partial charge in [-0.1, -0.05) is 242 Å². The van der Waals surface area contributed by atoms with Gasteiger partial charge in [-0.25, -0.2) is 9.97 Å². The first-order valence-electron chi connectivity index (χ1n) is 50.2. The predicted octanol–water partition coefficient (Wildman–Crippen LogP) is 24.5. The maximum atomic E-state index is 9.65. The van der Waals surface area contributed by atoms with Crippen molar-refractivity contribution >= 4 is 151 Å². The van der Waals surface area contributed by atoms with E-state index >= 15 is 0 Å². The van der Waals surface area contributed by atoms with Gasteiger partial charge in [0, 0.05) is 106 Å². The molecule has 8 heterocycles. The van der Waals surface area contributed by atoms with Crippen LogP contribution in [-0.2, 0) is 0 Å². The summed E-state index contributed by atoms with van der Waals surface area (Å²) in [6, 6.07) is -2.57. The molecule has 0 bridgehead atoms. The molecule has 0 amide bonds. The van der Waals surface area contributed by atoms with Gasteiger partial charge in [-0.05, 0) is 94.9 Å². The van der Waals surface area contributed by atoms with Crippen molar-refractivity contribution in [3.8, 4) is 79.7 Å². The summed E-state index contributed by atoms with van der Waals surface area (Å²) in [4.78, 5) is 28.0. The number of aromatic nitrogens is 8. The lowest BCUT2D eigenvalue weighted by Gasteiger charge is -2.11. The van der Waals surface area contributed by atoms with Gasteiger partial charge < -0.3 is 8.83 Å². The molecule has 0 saturated carbocycles. The minimum Gasteiger partial charge on any atom is -0.456 e. The summed E-state index contributed by atoms with van der Waals surface area (Å²) in [5.41, 5.74) is -1.63. The molecular formula is C90H52N8O2S2. The van der Waals surface area contributed by atoms with E-state index in [1.54, 1.807) is 78.9 Å². The van der Waals surface area contributed by atoms with Crippen molar-refractivity contribution < 1.29 is 62.3 Å². The fourth-order valence-electron chi connectivity index (χ4n) is 12.8. The Labute approximate surface area is 644 Å². The highest BCUT2D eigenvalue weighted by Gasteiger charge is 2.25. The van der Waals surface area contributed by atoms with Crippen molar-refractivity contribution in [2.75, 3.05) is 0 Å². The third-order valence-electron chi connectivity index (χ3n) is 17.1. The summed E-state index contributed by atoms with van der Waals surface area (Å²) < 4.78 is 359. The summed E-state index contributed by atoms with van der Waals surface area (Å²) in [6.45, 7) is 0. The van der Waals surface area contributed by atoms with E-state index in [0.717, 1.165) is 27.2 Å². The molecule has 22 aromatic rings. The lowest BCUT2D eigenvalue weighted by Crippen LogP contribution is -2.06. The van der Waals surface area contributed by atoms with Crippen LogP contribution in [0.1, 0.15) is 53.5 Å². The molecule has 10 nitrogen and oxygen atoms in total. The zero-order valence-corrected chi connectivity index (χ0v) is 52.8. The van der Waals surface area contributed by atoms with Gasteiger partial charge in [0.2, 0.25) is 11.9 Å². The Kier molecular flexibility index (Phi) is 7.11. The van der Waals surface area contributed by atoms with Crippen LogP contribution in [0.25, 0.3) is 208 Å². The van der Waals surface area contributed by atoms with Gasteiger partial charge in [-0.2, -0.15) is 19.9 Å². The Balaban J connectivity index is 0.000000167. The number of benzene rings is 14. The molecule has 22 rings (SSSR count). The Hall–Kier alpha value is -13.3. The highest BCUT2D eigenvalue weighted by atomic mass is 32.1. The standard InChI is InChI=1S/2C45H26N4OS/c2*1-3-12-27(13-4-1)30-18-11-20-36-40(30)33-23-22-29(26-37(33)50-36)44-46-43(28-14-5-2-6-15-28)47-45(48-44)49-35-19-9-7-16-31(35)32-24-25-39-41(42(32)49)34-17-8-10-21-38(34)51-39/h2*1-26H/i2D,5D,6D,7D,8D,9D,10D,11D,14D,15D,16D,17D,18D,19D,20D,21D,22D,23D,24D,25D,26D;1D,2D,3D,4D,5D,6D,7D,8D,9D,10D,12D,13D,14D,15D,16D,17D,19D,21D. The van der Waals surface area contributed by atoms with Crippen LogP contribution < -0.4 is 0 Å². The molecule has 14 aromatic carbocycles. The fourth-order valence-corrected chi connectivity index (χ4v) is 14.8. The topological polar surface area (TPSA) is 113 Å². The quantitative estimate of drug-likeness (QED) is 0.148. The van der Waals surface area contributed by atoms with Gasteiger partial charge in [0.1, 0.15) is 22.3 Å². The minimum absolute atomic E-state index is 0.0127. The zero-order valence-electron chi connectivity index (χ0n) is 90.2. The van der Waals surface area contributed by atoms with E-state index in [4.69, 9.17) is 62.7 Å². The van der Waals surface area contributed by atoms with Crippen molar-refractivity contribution in [2.45, 2.75) is 0 Å². The van der Waals surface area contributed by atoms with Crippen molar-refractivity contribution in [1.29, 1.82) is 0 Å². The first-order chi connectivity index (χ1) is 66.8. The van der Waals surface area contributed by atoms with Crippen molar-refractivity contribution in [3.63, 3.8) is 0 Å². The van der Waals surface area contributed by atoms with Gasteiger partial charge >= 0.3 is 0 Å². The Morgan fingerprint density at radius 2 is 0.804 bits per heavy atom. The lowest BCUT2D eigenvalue weighted by atomic mass is 9.99.